The highest BCUT2D eigenvalue weighted by molar-refractivity contribution is 7.92. The second-order valence-corrected chi connectivity index (χ2v) is 11.7. The maximum atomic E-state index is 13.3. The summed E-state index contributed by atoms with van der Waals surface area (Å²) >= 11 is 0. The summed E-state index contributed by atoms with van der Waals surface area (Å²) in [7, 11) is -1.47. The van der Waals surface area contributed by atoms with Crippen LogP contribution in [-0.4, -0.2) is 81.2 Å². The first-order chi connectivity index (χ1) is 17.5. The third kappa shape index (κ3) is 6.85. The number of benzene rings is 2. The highest BCUT2D eigenvalue weighted by Crippen LogP contribution is 2.33. The predicted octanol–water partition coefficient (Wildman–Crippen LogP) is 2.07. The predicted molar refractivity (Wildman–Crippen MR) is 139 cm³/mol. The normalized spacial score (nSPS) is 20.5. The van der Waals surface area contributed by atoms with Gasteiger partial charge < -0.3 is 24.2 Å². The molecule has 2 N–H and O–H groups in total. The van der Waals surface area contributed by atoms with Crippen LogP contribution in [0.3, 0.4) is 0 Å². The lowest BCUT2D eigenvalue weighted by atomic mass is 10.0. The Morgan fingerprint density at radius 3 is 2.62 bits per heavy atom. The number of aliphatic hydroxyl groups excluding tert-OH is 1. The number of nitrogens with zero attached hydrogens (tertiary/aromatic N) is 2. The number of hydrogen-bond donors (Lipinski definition) is 2. The number of amides is 1. The van der Waals surface area contributed by atoms with Crippen molar-refractivity contribution in [1.29, 1.82) is 0 Å². The van der Waals surface area contributed by atoms with Gasteiger partial charge in [0.05, 0.1) is 25.3 Å². The zero-order chi connectivity index (χ0) is 26.7. The minimum atomic E-state index is -3.48. The summed E-state index contributed by atoms with van der Waals surface area (Å²) in [5, 5.41) is 9.80. The van der Waals surface area contributed by atoms with E-state index in [9.17, 15) is 18.3 Å². The van der Waals surface area contributed by atoms with Gasteiger partial charge in [0.1, 0.15) is 11.9 Å². The van der Waals surface area contributed by atoms with Crippen molar-refractivity contribution in [2.24, 2.45) is 5.92 Å². The fourth-order valence-corrected chi connectivity index (χ4v) is 5.20. The molecule has 0 saturated carbocycles. The molecule has 0 unspecified atom stereocenters. The van der Waals surface area contributed by atoms with Crippen molar-refractivity contribution in [1.82, 2.24) is 9.80 Å². The van der Waals surface area contributed by atoms with E-state index in [1.165, 1.54) is 0 Å². The van der Waals surface area contributed by atoms with Crippen LogP contribution in [0.2, 0.25) is 0 Å². The van der Waals surface area contributed by atoms with E-state index in [4.69, 9.17) is 14.2 Å². The molecule has 37 heavy (non-hydrogen) atoms. The van der Waals surface area contributed by atoms with Crippen molar-refractivity contribution in [2.75, 3.05) is 44.5 Å². The fourth-order valence-electron chi connectivity index (χ4n) is 4.65. The van der Waals surface area contributed by atoms with E-state index in [-0.39, 0.29) is 43.8 Å². The van der Waals surface area contributed by atoms with Crippen LogP contribution in [-0.2, 0) is 27.8 Å². The summed E-state index contributed by atoms with van der Waals surface area (Å²) < 4.78 is 43.4. The second-order valence-electron chi connectivity index (χ2n) is 9.97. The van der Waals surface area contributed by atoms with Crippen LogP contribution in [0.1, 0.15) is 25.0 Å². The van der Waals surface area contributed by atoms with Gasteiger partial charge in [-0.3, -0.25) is 14.4 Å². The van der Waals surface area contributed by atoms with Gasteiger partial charge >= 0.3 is 0 Å². The summed E-state index contributed by atoms with van der Waals surface area (Å²) in [5.41, 5.74) is 2.03. The molecule has 0 fully saturated rings. The Hall–Kier alpha value is -3.02. The lowest BCUT2D eigenvalue weighted by molar-refractivity contribution is -0.134. The molecule has 2 aromatic rings. The zero-order valence-corrected chi connectivity index (χ0v) is 22.5. The van der Waals surface area contributed by atoms with Gasteiger partial charge in [-0.1, -0.05) is 13.0 Å². The smallest absolute Gasteiger partial charge is 0.231 e. The number of carbonyl (C=O) groups is 1. The van der Waals surface area contributed by atoms with E-state index >= 15 is 0 Å². The van der Waals surface area contributed by atoms with Crippen LogP contribution < -0.4 is 18.9 Å². The number of carbonyl (C=O) groups excluding carboxylic acids is 1. The third-order valence-corrected chi connectivity index (χ3v) is 7.21. The standard InChI is InChI=1S/C26H35N3O7S/c1-17-12-29(18(2)15-30)26(31)11-20-10-21(27-37(4,32)33)6-8-22(20)36-25(17)14-28(3)13-19-5-7-23-24(9-19)35-16-34-23/h5-10,17-18,25,27,30H,11-16H2,1-4H3/t17-,18+,25+/m0/s1. The maximum Gasteiger partial charge on any atom is 0.231 e. The van der Waals surface area contributed by atoms with Crippen molar-refractivity contribution in [3.8, 4) is 17.2 Å². The molecule has 0 aliphatic carbocycles. The molecule has 3 atom stereocenters. The van der Waals surface area contributed by atoms with Gasteiger partial charge in [0.25, 0.3) is 0 Å². The Balaban J connectivity index is 1.59. The van der Waals surface area contributed by atoms with Gasteiger partial charge in [-0.15, -0.1) is 0 Å². The van der Waals surface area contributed by atoms with Crippen LogP contribution >= 0.6 is 0 Å². The van der Waals surface area contributed by atoms with Crippen molar-refractivity contribution in [3.05, 3.63) is 47.5 Å². The van der Waals surface area contributed by atoms with E-state index in [0.717, 1.165) is 23.3 Å². The molecule has 10 nitrogen and oxygen atoms in total. The first-order valence-electron chi connectivity index (χ1n) is 12.3. The van der Waals surface area contributed by atoms with Gasteiger partial charge in [0, 0.05) is 36.8 Å². The van der Waals surface area contributed by atoms with Crippen LogP contribution in [0, 0.1) is 5.92 Å². The highest BCUT2D eigenvalue weighted by Gasteiger charge is 2.31. The van der Waals surface area contributed by atoms with Crippen LogP contribution in [0.5, 0.6) is 17.2 Å². The first-order valence-corrected chi connectivity index (χ1v) is 14.2. The Labute approximate surface area is 218 Å². The van der Waals surface area contributed by atoms with Crippen LogP contribution in [0.4, 0.5) is 5.69 Å². The number of rotatable bonds is 8. The number of fused-ring (bicyclic) bond motifs is 2. The number of aliphatic hydroxyl groups is 1. The number of ether oxygens (including phenoxy) is 3. The van der Waals surface area contributed by atoms with E-state index in [0.29, 0.717) is 36.6 Å². The quantitative estimate of drug-likeness (QED) is 0.530. The number of likely N-dealkylation sites (N-methyl/N-ethyl adjacent to an activating group) is 1. The number of anilines is 1. The van der Waals surface area contributed by atoms with Crippen LogP contribution in [0.25, 0.3) is 0 Å². The van der Waals surface area contributed by atoms with Gasteiger partial charge in [-0.25, -0.2) is 8.42 Å². The Bertz CT molecular complexity index is 1240. The molecule has 0 aromatic heterocycles. The molecular formula is C26H35N3O7S. The van der Waals surface area contributed by atoms with Crippen molar-refractivity contribution >= 4 is 21.6 Å². The SMILES string of the molecule is C[C@H](CO)N1C[C@H](C)[C@@H](CN(C)Cc2ccc3c(c2)OCO3)Oc2ccc(NS(C)(=O)=O)cc2CC1=O. The Morgan fingerprint density at radius 2 is 1.89 bits per heavy atom. The summed E-state index contributed by atoms with van der Waals surface area (Å²) in [6.07, 6.45) is 0.839. The first kappa shape index (κ1) is 27.0. The molecule has 0 saturated heterocycles. The summed E-state index contributed by atoms with van der Waals surface area (Å²) in [6, 6.07) is 10.5. The molecule has 2 heterocycles. The highest BCUT2D eigenvalue weighted by atomic mass is 32.2. The Morgan fingerprint density at radius 1 is 1.16 bits per heavy atom. The Kier molecular flexibility index (Phi) is 8.15. The van der Waals surface area contributed by atoms with E-state index in [2.05, 4.69) is 9.62 Å². The molecule has 2 aliphatic rings. The average Bonchev–Trinajstić information content (AvgIpc) is 3.30. The molecule has 2 aliphatic heterocycles. The summed E-state index contributed by atoms with van der Waals surface area (Å²) in [6.45, 7) is 5.57. The van der Waals surface area contributed by atoms with Gasteiger partial charge in [0.15, 0.2) is 11.5 Å². The zero-order valence-electron chi connectivity index (χ0n) is 21.6. The molecule has 0 bridgehead atoms. The molecule has 2 aromatic carbocycles. The second kappa shape index (κ2) is 11.2. The minimum absolute atomic E-state index is 0.0332. The largest absolute Gasteiger partial charge is 0.488 e. The third-order valence-electron chi connectivity index (χ3n) is 6.60. The van der Waals surface area contributed by atoms with E-state index in [1.807, 2.05) is 39.1 Å². The lowest BCUT2D eigenvalue weighted by Crippen LogP contribution is -2.47. The molecule has 0 radical (unpaired) electrons. The van der Waals surface area contributed by atoms with Crippen molar-refractivity contribution in [2.45, 2.75) is 39.0 Å². The van der Waals surface area contributed by atoms with Crippen molar-refractivity contribution < 1.29 is 32.5 Å². The van der Waals surface area contributed by atoms with Crippen LogP contribution in [0.15, 0.2) is 36.4 Å². The molecule has 1 amide bonds. The maximum absolute atomic E-state index is 13.3. The molecule has 11 heteroatoms. The fraction of sp³-hybridized carbons (Fsp3) is 0.500. The molecule has 4 rings (SSSR count). The number of hydrogen-bond acceptors (Lipinski definition) is 8. The average molecular weight is 534 g/mol. The molecule has 202 valence electrons. The van der Waals surface area contributed by atoms with Crippen molar-refractivity contribution in [3.63, 3.8) is 0 Å². The van der Waals surface area contributed by atoms with Gasteiger partial charge in [-0.05, 0) is 49.9 Å². The minimum Gasteiger partial charge on any atom is -0.488 e. The van der Waals surface area contributed by atoms with E-state index < -0.39 is 10.0 Å². The number of sulfonamides is 1. The summed E-state index contributed by atoms with van der Waals surface area (Å²) in [4.78, 5) is 17.1. The van der Waals surface area contributed by atoms with E-state index in [1.54, 1.807) is 23.1 Å². The monoisotopic (exact) mass is 533 g/mol. The number of nitrogens with one attached hydrogen (secondary N) is 1. The van der Waals surface area contributed by atoms with Gasteiger partial charge in [0.2, 0.25) is 22.7 Å². The summed E-state index contributed by atoms with van der Waals surface area (Å²) in [5.74, 6) is 1.82. The molecule has 0 spiro atoms. The topological polar surface area (TPSA) is 118 Å². The van der Waals surface area contributed by atoms with Gasteiger partial charge in [-0.2, -0.15) is 0 Å². The molecular weight excluding hydrogens is 498 g/mol. The lowest BCUT2D eigenvalue weighted by Gasteiger charge is -2.34.